The summed E-state index contributed by atoms with van der Waals surface area (Å²) in [6.07, 6.45) is -14.8. The molecule has 1 aromatic heterocycles. The quantitative estimate of drug-likeness (QED) is 0.176. The van der Waals surface area contributed by atoms with Gasteiger partial charge in [-0.2, -0.15) is 0 Å². The molecule has 2 fully saturated rings. The second-order valence-corrected chi connectivity index (χ2v) is 10.7. The minimum atomic E-state index is -1.78. The van der Waals surface area contributed by atoms with Crippen molar-refractivity contribution in [2.45, 2.75) is 75.3 Å². The van der Waals surface area contributed by atoms with Gasteiger partial charge in [-0.05, 0) is 31.2 Å². The van der Waals surface area contributed by atoms with E-state index in [4.69, 9.17) is 32.8 Å². The normalized spacial score (nSPS) is 31.8. The lowest BCUT2D eigenvalue weighted by atomic mass is 9.98. The van der Waals surface area contributed by atoms with Crippen molar-refractivity contribution in [2.75, 3.05) is 13.7 Å². The van der Waals surface area contributed by atoms with Crippen molar-refractivity contribution in [1.82, 2.24) is 0 Å². The van der Waals surface area contributed by atoms with E-state index in [2.05, 4.69) is 0 Å². The Hall–Kier alpha value is -3.80. The monoisotopic (exact) mass is 634 g/mol. The SMILES string of the molecule is COc1ccc(-c2cc(=O)c3c(O)cc(O[C@@H]4OC(CO[C@@H]5OC(C)[C@H](OC(C)=O)[C@H](O)C5O)[C@@H](O)[C@H](O)C4O)cc3o2)cc1. The molecular weight excluding hydrogens is 600 g/mol. The van der Waals surface area contributed by atoms with Crippen LogP contribution >= 0.6 is 0 Å². The van der Waals surface area contributed by atoms with E-state index in [1.165, 1.54) is 26.2 Å². The molecule has 0 radical (unpaired) electrons. The fraction of sp³-hybridized carbons (Fsp3) is 0.467. The molecule has 10 atom stereocenters. The number of aliphatic hydroxyl groups excluding tert-OH is 5. The molecular formula is C30H34O15. The molecule has 0 amide bonds. The summed E-state index contributed by atoms with van der Waals surface area (Å²) in [5.74, 6) is -0.479. The average molecular weight is 635 g/mol. The predicted molar refractivity (Wildman–Crippen MR) is 151 cm³/mol. The molecule has 3 heterocycles. The predicted octanol–water partition coefficient (Wildman–Crippen LogP) is -0.224. The van der Waals surface area contributed by atoms with Crippen LogP contribution in [-0.4, -0.2) is 112 Å². The topological polar surface area (TPSA) is 224 Å². The molecule has 5 rings (SSSR count). The number of phenolic OH excluding ortho intramolecular Hbond substituents is 1. The van der Waals surface area contributed by atoms with E-state index in [0.29, 0.717) is 11.3 Å². The Morgan fingerprint density at radius 2 is 1.56 bits per heavy atom. The summed E-state index contributed by atoms with van der Waals surface area (Å²) in [4.78, 5) is 24.2. The minimum absolute atomic E-state index is 0.0442. The molecule has 2 aromatic carbocycles. The lowest BCUT2D eigenvalue weighted by Gasteiger charge is -2.43. The van der Waals surface area contributed by atoms with Crippen LogP contribution in [0.25, 0.3) is 22.3 Å². The average Bonchev–Trinajstić information content (AvgIpc) is 3.00. The van der Waals surface area contributed by atoms with Crippen molar-refractivity contribution in [3.05, 3.63) is 52.7 Å². The Morgan fingerprint density at radius 1 is 0.867 bits per heavy atom. The summed E-state index contributed by atoms with van der Waals surface area (Å²) in [5, 5.41) is 63.0. The number of ether oxygens (including phenoxy) is 6. The molecule has 6 N–H and O–H groups in total. The highest BCUT2D eigenvalue weighted by molar-refractivity contribution is 5.86. The van der Waals surface area contributed by atoms with Crippen molar-refractivity contribution in [3.8, 4) is 28.6 Å². The molecule has 0 spiro atoms. The van der Waals surface area contributed by atoms with E-state index in [1.54, 1.807) is 24.3 Å². The van der Waals surface area contributed by atoms with Crippen LogP contribution in [0, 0.1) is 0 Å². The molecule has 15 nitrogen and oxygen atoms in total. The number of esters is 1. The molecule has 2 saturated heterocycles. The molecule has 15 heteroatoms. The largest absolute Gasteiger partial charge is 0.507 e. The van der Waals surface area contributed by atoms with Crippen LogP contribution in [0.5, 0.6) is 17.2 Å². The maximum absolute atomic E-state index is 12.8. The number of rotatable bonds is 8. The molecule has 2 aliphatic rings. The van der Waals surface area contributed by atoms with E-state index in [9.17, 15) is 40.2 Å². The van der Waals surface area contributed by atoms with Crippen molar-refractivity contribution in [3.63, 3.8) is 0 Å². The Morgan fingerprint density at radius 3 is 2.22 bits per heavy atom. The number of carbonyl (C=O) groups is 1. The number of methoxy groups -OCH3 is 1. The molecule has 244 valence electrons. The third kappa shape index (κ3) is 6.75. The minimum Gasteiger partial charge on any atom is -0.507 e. The highest BCUT2D eigenvalue weighted by Gasteiger charge is 2.48. The Bertz CT molecular complexity index is 1560. The molecule has 0 aliphatic carbocycles. The summed E-state index contributed by atoms with van der Waals surface area (Å²) in [6.45, 7) is 2.13. The summed E-state index contributed by atoms with van der Waals surface area (Å²) in [7, 11) is 1.52. The van der Waals surface area contributed by atoms with Crippen LogP contribution in [-0.2, 0) is 23.7 Å². The summed E-state index contributed by atoms with van der Waals surface area (Å²) in [6, 6.07) is 10.3. The molecule has 4 unspecified atom stereocenters. The highest BCUT2D eigenvalue weighted by atomic mass is 16.7. The zero-order chi connectivity index (χ0) is 32.6. The number of carbonyl (C=O) groups excluding carboxylic acids is 1. The summed E-state index contributed by atoms with van der Waals surface area (Å²) in [5.41, 5.74) is -0.0127. The second-order valence-electron chi connectivity index (χ2n) is 10.7. The molecule has 0 saturated carbocycles. The molecule has 2 aliphatic heterocycles. The van der Waals surface area contributed by atoms with Gasteiger partial charge in [-0.1, -0.05) is 0 Å². The highest BCUT2D eigenvalue weighted by Crippen LogP contribution is 2.34. The van der Waals surface area contributed by atoms with E-state index in [0.717, 1.165) is 13.0 Å². The van der Waals surface area contributed by atoms with E-state index in [-0.39, 0.29) is 22.5 Å². The van der Waals surface area contributed by atoms with Gasteiger partial charge < -0.3 is 63.5 Å². The first-order valence-electron chi connectivity index (χ1n) is 14.0. The lowest BCUT2D eigenvalue weighted by molar-refractivity contribution is -0.319. The van der Waals surface area contributed by atoms with E-state index >= 15 is 0 Å². The van der Waals surface area contributed by atoms with Gasteiger partial charge in [-0.15, -0.1) is 0 Å². The van der Waals surface area contributed by atoms with Crippen LogP contribution < -0.4 is 14.9 Å². The van der Waals surface area contributed by atoms with Crippen molar-refractivity contribution in [2.24, 2.45) is 0 Å². The Labute approximate surface area is 255 Å². The maximum Gasteiger partial charge on any atom is 0.303 e. The van der Waals surface area contributed by atoms with Crippen LogP contribution in [0.15, 0.2) is 51.7 Å². The zero-order valence-electron chi connectivity index (χ0n) is 24.4. The molecule has 45 heavy (non-hydrogen) atoms. The first-order valence-corrected chi connectivity index (χ1v) is 14.0. The Kier molecular flexibility index (Phi) is 9.62. The zero-order valence-corrected chi connectivity index (χ0v) is 24.4. The van der Waals surface area contributed by atoms with Crippen molar-refractivity contribution < 1.29 is 68.3 Å². The standard InChI is InChI=1S/C30H34O15/c1-12-28(42-13(2)31)25(36)27(38)29(41-12)40-11-21-23(34)24(35)26(37)30(45-21)43-16-8-17(32)22-18(33)10-19(44-20(22)9-16)14-4-6-15(39-3)7-5-14/h4-10,12,21,23-30,32,34-38H,11H2,1-3H3/t12?,21?,23-,24+,25-,26?,27?,28+,29-,30-/m1/s1. The van der Waals surface area contributed by atoms with Gasteiger partial charge >= 0.3 is 5.97 Å². The van der Waals surface area contributed by atoms with Gasteiger partial charge in [0.2, 0.25) is 6.29 Å². The number of hydrogen-bond donors (Lipinski definition) is 6. The Balaban J connectivity index is 1.32. The third-order valence-electron chi connectivity index (χ3n) is 7.58. The van der Waals surface area contributed by atoms with Gasteiger partial charge in [0.15, 0.2) is 17.8 Å². The number of aliphatic hydroxyl groups is 5. The summed E-state index contributed by atoms with van der Waals surface area (Å²) >= 11 is 0. The van der Waals surface area contributed by atoms with Crippen molar-refractivity contribution in [1.29, 1.82) is 0 Å². The van der Waals surface area contributed by atoms with Crippen LogP contribution in [0.1, 0.15) is 13.8 Å². The lowest BCUT2D eigenvalue weighted by Crippen LogP contribution is -2.62. The summed E-state index contributed by atoms with van der Waals surface area (Å²) < 4.78 is 38.5. The number of aromatic hydroxyl groups is 1. The fourth-order valence-electron chi connectivity index (χ4n) is 5.18. The number of hydrogen-bond acceptors (Lipinski definition) is 15. The van der Waals surface area contributed by atoms with Gasteiger partial charge in [0.05, 0.1) is 19.8 Å². The van der Waals surface area contributed by atoms with Gasteiger partial charge in [-0.25, -0.2) is 0 Å². The molecule has 0 bridgehead atoms. The third-order valence-corrected chi connectivity index (χ3v) is 7.58. The van der Waals surface area contributed by atoms with Crippen LogP contribution in [0.2, 0.25) is 0 Å². The first kappa shape index (κ1) is 32.6. The van der Waals surface area contributed by atoms with Gasteiger partial charge in [0.25, 0.3) is 0 Å². The number of fused-ring (bicyclic) bond motifs is 1. The van der Waals surface area contributed by atoms with E-state index < -0.39 is 85.2 Å². The fourth-order valence-corrected chi connectivity index (χ4v) is 5.18. The van der Waals surface area contributed by atoms with Crippen molar-refractivity contribution >= 4 is 16.9 Å². The second kappa shape index (κ2) is 13.3. The van der Waals surface area contributed by atoms with E-state index in [1.807, 2.05) is 0 Å². The van der Waals surface area contributed by atoms with Gasteiger partial charge in [0, 0.05) is 30.7 Å². The van der Waals surface area contributed by atoms with Gasteiger partial charge in [-0.3, -0.25) is 9.59 Å². The van der Waals surface area contributed by atoms with Gasteiger partial charge in [0.1, 0.15) is 70.6 Å². The first-order chi connectivity index (χ1) is 21.4. The number of benzene rings is 2. The smallest absolute Gasteiger partial charge is 0.303 e. The van der Waals surface area contributed by atoms with Crippen LogP contribution in [0.3, 0.4) is 0 Å². The number of phenols is 1. The van der Waals surface area contributed by atoms with Crippen LogP contribution in [0.4, 0.5) is 0 Å². The molecule has 3 aromatic rings. The maximum atomic E-state index is 12.8.